The maximum atomic E-state index is 10.8. The second-order valence-electron chi connectivity index (χ2n) is 4.57. The molecule has 0 atom stereocenters. The molecule has 0 bridgehead atoms. The molecule has 1 aliphatic rings. The van der Waals surface area contributed by atoms with E-state index >= 15 is 0 Å². The maximum absolute atomic E-state index is 10.8. The van der Waals surface area contributed by atoms with Gasteiger partial charge >= 0.3 is 5.97 Å². The van der Waals surface area contributed by atoms with Gasteiger partial charge in [0.2, 0.25) is 0 Å². The molecule has 0 aliphatic carbocycles. The second-order valence-corrected chi connectivity index (χ2v) is 4.57. The highest BCUT2D eigenvalue weighted by Gasteiger charge is 2.38. The van der Waals surface area contributed by atoms with Gasteiger partial charge in [0.25, 0.3) is 0 Å². The summed E-state index contributed by atoms with van der Waals surface area (Å²) in [7, 11) is 0. The van der Waals surface area contributed by atoms with E-state index in [2.05, 4.69) is 15.6 Å². The Hall–Kier alpha value is -1.46. The van der Waals surface area contributed by atoms with Crippen LogP contribution in [0, 0.1) is 6.92 Å². The van der Waals surface area contributed by atoms with E-state index in [1.807, 2.05) is 19.1 Å². The van der Waals surface area contributed by atoms with Crippen LogP contribution in [0.15, 0.2) is 18.3 Å². The molecular weight excluding hydrogens is 218 g/mol. The minimum Gasteiger partial charge on any atom is -0.481 e. The number of hydrogen-bond donors (Lipinski definition) is 3. The Morgan fingerprint density at radius 3 is 2.94 bits per heavy atom. The molecule has 2 heterocycles. The summed E-state index contributed by atoms with van der Waals surface area (Å²) in [6.45, 7) is 4.02. The average Bonchev–Trinajstić information content (AvgIpc) is 2.23. The van der Waals surface area contributed by atoms with Gasteiger partial charge in [0.15, 0.2) is 0 Å². The molecule has 1 fully saturated rings. The van der Waals surface area contributed by atoms with Gasteiger partial charge in [-0.2, -0.15) is 0 Å². The Balaban J connectivity index is 1.97. The number of hydrogen-bond acceptors (Lipinski definition) is 4. The van der Waals surface area contributed by atoms with Gasteiger partial charge < -0.3 is 15.7 Å². The summed E-state index contributed by atoms with van der Waals surface area (Å²) in [4.78, 5) is 15.1. The quantitative estimate of drug-likeness (QED) is 0.684. The summed E-state index contributed by atoms with van der Waals surface area (Å²) in [6.07, 6.45) is 1.90. The molecule has 0 radical (unpaired) electrons. The van der Waals surface area contributed by atoms with E-state index in [9.17, 15) is 4.79 Å². The summed E-state index contributed by atoms with van der Waals surface area (Å²) in [5.74, 6) is -0.767. The number of carbonyl (C=O) groups is 1. The fourth-order valence-corrected chi connectivity index (χ4v) is 2.00. The molecule has 17 heavy (non-hydrogen) atoms. The maximum Gasteiger partial charge on any atom is 0.305 e. The van der Waals surface area contributed by atoms with Crippen molar-refractivity contribution in [3.8, 4) is 0 Å². The topological polar surface area (TPSA) is 74.2 Å². The average molecular weight is 235 g/mol. The van der Waals surface area contributed by atoms with Crippen molar-refractivity contribution in [1.82, 2.24) is 15.6 Å². The number of nitrogens with one attached hydrogen (secondary N) is 2. The summed E-state index contributed by atoms with van der Waals surface area (Å²) in [5, 5.41) is 15.3. The van der Waals surface area contributed by atoms with Crippen molar-refractivity contribution in [1.29, 1.82) is 0 Å². The Labute approximate surface area is 100 Å². The standard InChI is InChI=1S/C12H17N3O2/c1-9-3-2-4-14-10(9)6-15-12(5-11(16)17)7-13-8-12/h2-4,13,15H,5-8H2,1H3,(H,16,17). The summed E-state index contributed by atoms with van der Waals surface area (Å²) >= 11 is 0. The number of nitrogens with zero attached hydrogens (tertiary/aromatic N) is 1. The molecule has 5 heteroatoms. The van der Waals surface area contributed by atoms with Crippen molar-refractivity contribution in [2.24, 2.45) is 0 Å². The molecule has 0 saturated carbocycles. The van der Waals surface area contributed by atoms with E-state index in [1.54, 1.807) is 6.20 Å². The first kappa shape index (κ1) is 12.0. The van der Waals surface area contributed by atoms with Crippen LogP contribution in [-0.2, 0) is 11.3 Å². The fraction of sp³-hybridized carbons (Fsp3) is 0.500. The first-order valence-electron chi connectivity index (χ1n) is 5.69. The first-order chi connectivity index (χ1) is 8.11. The monoisotopic (exact) mass is 235 g/mol. The van der Waals surface area contributed by atoms with Crippen LogP contribution < -0.4 is 10.6 Å². The molecule has 1 aromatic rings. The number of aryl methyl sites for hydroxylation is 1. The highest BCUT2D eigenvalue weighted by atomic mass is 16.4. The van der Waals surface area contributed by atoms with Gasteiger partial charge in [-0.05, 0) is 18.6 Å². The molecule has 3 N–H and O–H groups in total. The number of aromatic nitrogens is 1. The van der Waals surface area contributed by atoms with E-state index in [0.29, 0.717) is 19.6 Å². The number of rotatable bonds is 5. The van der Waals surface area contributed by atoms with Crippen LogP contribution in [0.1, 0.15) is 17.7 Å². The zero-order valence-corrected chi connectivity index (χ0v) is 9.86. The Morgan fingerprint density at radius 2 is 2.41 bits per heavy atom. The van der Waals surface area contributed by atoms with Crippen LogP contribution >= 0.6 is 0 Å². The van der Waals surface area contributed by atoms with Crippen molar-refractivity contribution in [2.45, 2.75) is 25.4 Å². The molecular formula is C12H17N3O2. The Kier molecular flexibility index (Phi) is 3.40. The molecule has 0 unspecified atom stereocenters. The molecule has 0 aromatic carbocycles. The smallest absolute Gasteiger partial charge is 0.305 e. The van der Waals surface area contributed by atoms with Crippen LogP contribution in [-0.4, -0.2) is 34.7 Å². The van der Waals surface area contributed by atoms with Gasteiger partial charge in [-0.15, -0.1) is 0 Å². The molecule has 5 nitrogen and oxygen atoms in total. The lowest BCUT2D eigenvalue weighted by Crippen LogP contribution is -2.68. The normalized spacial score (nSPS) is 17.5. The van der Waals surface area contributed by atoms with E-state index in [4.69, 9.17) is 5.11 Å². The molecule has 1 saturated heterocycles. The predicted octanol–water partition coefficient (Wildman–Crippen LogP) is 0.296. The second kappa shape index (κ2) is 4.81. The van der Waals surface area contributed by atoms with Crippen molar-refractivity contribution in [2.75, 3.05) is 13.1 Å². The SMILES string of the molecule is Cc1cccnc1CNC1(CC(=O)O)CNC1. The van der Waals surface area contributed by atoms with Crippen LogP contribution in [0.25, 0.3) is 0 Å². The highest BCUT2D eigenvalue weighted by molar-refractivity contribution is 5.68. The van der Waals surface area contributed by atoms with Crippen LogP contribution in [0.3, 0.4) is 0 Å². The van der Waals surface area contributed by atoms with E-state index < -0.39 is 5.97 Å². The van der Waals surface area contributed by atoms with Crippen LogP contribution in [0.4, 0.5) is 0 Å². The van der Waals surface area contributed by atoms with Gasteiger partial charge in [0, 0.05) is 25.8 Å². The molecule has 1 aliphatic heterocycles. The van der Waals surface area contributed by atoms with Gasteiger partial charge in [-0.25, -0.2) is 0 Å². The summed E-state index contributed by atoms with van der Waals surface area (Å²) < 4.78 is 0. The summed E-state index contributed by atoms with van der Waals surface area (Å²) in [5.41, 5.74) is 1.79. The van der Waals surface area contributed by atoms with E-state index in [0.717, 1.165) is 11.3 Å². The third-order valence-electron chi connectivity index (χ3n) is 3.17. The zero-order valence-electron chi connectivity index (χ0n) is 9.86. The fourth-order valence-electron chi connectivity index (χ4n) is 2.00. The van der Waals surface area contributed by atoms with Crippen LogP contribution in [0.2, 0.25) is 0 Å². The molecule has 0 spiro atoms. The van der Waals surface area contributed by atoms with Crippen molar-refractivity contribution in [3.63, 3.8) is 0 Å². The Morgan fingerprint density at radius 1 is 1.65 bits per heavy atom. The largest absolute Gasteiger partial charge is 0.481 e. The predicted molar refractivity (Wildman–Crippen MR) is 63.7 cm³/mol. The van der Waals surface area contributed by atoms with Gasteiger partial charge in [0.1, 0.15) is 0 Å². The van der Waals surface area contributed by atoms with E-state index in [-0.39, 0.29) is 12.0 Å². The molecule has 2 rings (SSSR count). The minimum absolute atomic E-state index is 0.145. The first-order valence-corrected chi connectivity index (χ1v) is 5.69. The number of aliphatic carboxylic acids is 1. The number of carboxylic acids is 1. The number of pyridine rings is 1. The molecule has 92 valence electrons. The third kappa shape index (κ3) is 2.81. The lowest BCUT2D eigenvalue weighted by Gasteiger charge is -2.42. The zero-order chi connectivity index (χ0) is 12.3. The summed E-state index contributed by atoms with van der Waals surface area (Å²) in [6, 6.07) is 3.91. The van der Waals surface area contributed by atoms with Crippen molar-refractivity contribution >= 4 is 5.97 Å². The lowest BCUT2D eigenvalue weighted by molar-refractivity contribution is -0.139. The van der Waals surface area contributed by atoms with Gasteiger partial charge in [-0.3, -0.25) is 9.78 Å². The van der Waals surface area contributed by atoms with Crippen molar-refractivity contribution < 1.29 is 9.90 Å². The minimum atomic E-state index is -0.767. The third-order valence-corrected chi connectivity index (χ3v) is 3.17. The lowest BCUT2D eigenvalue weighted by atomic mass is 9.88. The van der Waals surface area contributed by atoms with Gasteiger partial charge in [0.05, 0.1) is 17.7 Å². The number of carboxylic acid groups (broad SMARTS) is 1. The van der Waals surface area contributed by atoms with Crippen LogP contribution in [0.5, 0.6) is 0 Å². The van der Waals surface area contributed by atoms with Gasteiger partial charge in [-0.1, -0.05) is 6.07 Å². The molecule has 0 amide bonds. The molecule has 1 aromatic heterocycles. The highest BCUT2D eigenvalue weighted by Crippen LogP contribution is 2.17. The Bertz CT molecular complexity index is 416. The van der Waals surface area contributed by atoms with Crippen molar-refractivity contribution in [3.05, 3.63) is 29.6 Å². The van der Waals surface area contributed by atoms with E-state index in [1.165, 1.54) is 0 Å².